The number of nitrogens with one attached hydrogen (secondary N) is 1. The van der Waals surface area contributed by atoms with Gasteiger partial charge in [0.05, 0.1) is 12.1 Å². The Morgan fingerprint density at radius 2 is 1.92 bits per heavy atom. The van der Waals surface area contributed by atoms with Crippen LogP contribution in [0.15, 0.2) is 41.6 Å². The third-order valence-electron chi connectivity index (χ3n) is 3.60. The number of carboxylic acids is 1. The minimum atomic E-state index is -1.01. The summed E-state index contributed by atoms with van der Waals surface area (Å²) < 4.78 is 5.32. The molecule has 0 spiro atoms. The Morgan fingerprint density at radius 3 is 2.50 bits per heavy atom. The molecule has 24 heavy (non-hydrogen) atoms. The lowest BCUT2D eigenvalue weighted by Crippen LogP contribution is -2.43. The van der Waals surface area contributed by atoms with E-state index in [1.807, 2.05) is 30.3 Å². The molecule has 1 aliphatic rings. The van der Waals surface area contributed by atoms with Crippen molar-refractivity contribution in [2.75, 3.05) is 13.1 Å². The molecule has 1 aliphatic heterocycles. The first kappa shape index (κ1) is 17.8. The lowest BCUT2D eigenvalue weighted by atomic mass is 10.1. The van der Waals surface area contributed by atoms with E-state index >= 15 is 0 Å². The average molecular weight is 332 g/mol. The van der Waals surface area contributed by atoms with Gasteiger partial charge < -0.3 is 20.1 Å². The van der Waals surface area contributed by atoms with Crippen LogP contribution in [0.4, 0.5) is 4.79 Å². The Balaban J connectivity index is 2.06. The summed E-state index contributed by atoms with van der Waals surface area (Å²) in [7, 11) is 0. The number of nitrogens with zero attached hydrogens (tertiary/aromatic N) is 1. The first-order chi connectivity index (χ1) is 11.3. The maximum absolute atomic E-state index is 12.1. The van der Waals surface area contributed by atoms with Crippen molar-refractivity contribution in [3.8, 4) is 0 Å². The first-order valence-corrected chi connectivity index (χ1v) is 7.97. The van der Waals surface area contributed by atoms with E-state index in [0.29, 0.717) is 25.2 Å². The molecular weight excluding hydrogens is 308 g/mol. The average Bonchev–Trinajstić information content (AvgIpc) is 2.52. The highest BCUT2D eigenvalue weighted by Crippen LogP contribution is 2.19. The molecule has 1 aromatic carbocycles. The van der Waals surface area contributed by atoms with Gasteiger partial charge in [-0.2, -0.15) is 0 Å². The molecule has 0 radical (unpaired) electrons. The monoisotopic (exact) mass is 332 g/mol. The van der Waals surface area contributed by atoms with Crippen molar-refractivity contribution in [2.24, 2.45) is 0 Å². The van der Waals surface area contributed by atoms with Crippen molar-refractivity contribution in [1.29, 1.82) is 0 Å². The number of hydrogen-bond acceptors (Lipinski definition) is 4. The highest BCUT2D eigenvalue weighted by atomic mass is 16.6. The van der Waals surface area contributed by atoms with Crippen LogP contribution in [-0.4, -0.2) is 40.8 Å². The SMILES string of the molecule is CC(C)(C)OC(=O)N1CCC(NCc2ccccc2)=C(C(=O)O)C1. The van der Waals surface area contributed by atoms with Crippen molar-refractivity contribution in [2.45, 2.75) is 39.3 Å². The lowest BCUT2D eigenvalue weighted by molar-refractivity contribution is -0.133. The third-order valence-corrected chi connectivity index (χ3v) is 3.60. The zero-order chi connectivity index (χ0) is 17.7. The number of amides is 1. The summed E-state index contributed by atoms with van der Waals surface area (Å²) in [5, 5.41) is 12.7. The van der Waals surface area contributed by atoms with Crippen LogP contribution in [0.2, 0.25) is 0 Å². The van der Waals surface area contributed by atoms with E-state index in [1.165, 1.54) is 4.90 Å². The number of carbonyl (C=O) groups excluding carboxylic acids is 1. The maximum atomic E-state index is 12.1. The molecule has 0 saturated carbocycles. The number of carbonyl (C=O) groups is 2. The smallest absolute Gasteiger partial charge is 0.410 e. The summed E-state index contributed by atoms with van der Waals surface area (Å²) >= 11 is 0. The number of carboxylic acid groups (broad SMARTS) is 1. The van der Waals surface area contributed by atoms with Gasteiger partial charge in [0, 0.05) is 25.2 Å². The number of ether oxygens (including phenoxy) is 1. The molecule has 1 aromatic rings. The van der Waals surface area contributed by atoms with Crippen LogP contribution in [-0.2, 0) is 16.1 Å². The second-order valence-corrected chi connectivity index (χ2v) is 6.75. The molecular formula is C18H24N2O4. The Bertz CT molecular complexity index is 632. The molecule has 6 nitrogen and oxygen atoms in total. The summed E-state index contributed by atoms with van der Waals surface area (Å²) in [5.74, 6) is -1.01. The number of hydrogen-bond donors (Lipinski definition) is 2. The summed E-state index contributed by atoms with van der Waals surface area (Å²) in [5.41, 5.74) is 1.36. The minimum Gasteiger partial charge on any atom is -0.478 e. The van der Waals surface area contributed by atoms with Crippen molar-refractivity contribution in [3.63, 3.8) is 0 Å². The molecule has 2 N–H and O–H groups in total. The summed E-state index contributed by atoms with van der Waals surface area (Å²) in [4.78, 5) is 25.1. The largest absolute Gasteiger partial charge is 0.478 e. The zero-order valence-corrected chi connectivity index (χ0v) is 14.3. The zero-order valence-electron chi connectivity index (χ0n) is 14.3. The molecule has 0 unspecified atom stereocenters. The molecule has 1 heterocycles. The van der Waals surface area contributed by atoms with Gasteiger partial charge in [0.15, 0.2) is 0 Å². The van der Waals surface area contributed by atoms with E-state index < -0.39 is 17.7 Å². The number of benzene rings is 1. The quantitative estimate of drug-likeness (QED) is 0.886. The van der Waals surface area contributed by atoms with Crippen LogP contribution in [0.3, 0.4) is 0 Å². The molecule has 0 aliphatic carbocycles. The van der Waals surface area contributed by atoms with Gasteiger partial charge in [0.2, 0.25) is 0 Å². The van der Waals surface area contributed by atoms with Crippen molar-refractivity contribution < 1.29 is 19.4 Å². The normalized spacial score (nSPS) is 15.2. The van der Waals surface area contributed by atoms with Crippen LogP contribution in [0.1, 0.15) is 32.8 Å². The molecule has 1 amide bonds. The highest BCUT2D eigenvalue weighted by Gasteiger charge is 2.29. The number of rotatable bonds is 4. The molecule has 0 atom stereocenters. The van der Waals surface area contributed by atoms with E-state index in [9.17, 15) is 14.7 Å². The van der Waals surface area contributed by atoms with Crippen LogP contribution >= 0.6 is 0 Å². The van der Waals surface area contributed by atoms with Gasteiger partial charge in [-0.3, -0.25) is 0 Å². The van der Waals surface area contributed by atoms with E-state index in [2.05, 4.69) is 5.32 Å². The van der Waals surface area contributed by atoms with Crippen LogP contribution in [0, 0.1) is 0 Å². The first-order valence-electron chi connectivity index (χ1n) is 7.97. The molecule has 130 valence electrons. The molecule has 0 bridgehead atoms. The second kappa shape index (κ2) is 7.38. The molecule has 0 aromatic heterocycles. The molecule has 6 heteroatoms. The van der Waals surface area contributed by atoms with Crippen LogP contribution in [0.5, 0.6) is 0 Å². The van der Waals surface area contributed by atoms with E-state index in [0.717, 1.165) is 5.56 Å². The Labute approximate surface area is 142 Å². The van der Waals surface area contributed by atoms with Crippen molar-refractivity contribution >= 4 is 12.1 Å². The summed E-state index contributed by atoms with van der Waals surface area (Å²) in [6.07, 6.45) is -0.0170. The fraction of sp³-hybridized carbons (Fsp3) is 0.444. The maximum Gasteiger partial charge on any atom is 0.410 e. The predicted molar refractivity (Wildman–Crippen MR) is 90.4 cm³/mol. The Hall–Kier alpha value is -2.50. The van der Waals surface area contributed by atoms with Gasteiger partial charge in [0.25, 0.3) is 0 Å². The standard InChI is InChI=1S/C18H24N2O4/c1-18(2,3)24-17(23)20-10-9-15(14(12-20)16(21)22)19-11-13-7-5-4-6-8-13/h4-8,19H,9-12H2,1-3H3,(H,21,22). The lowest BCUT2D eigenvalue weighted by Gasteiger charge is -2.31. The van der Waals surface area contributed by atoms with Gasteiger partial charge in [-0.1, -0.05) is 30.3 Å². The molecule has 0 fully saturated rings. The number of aliphatic carboxylic acids is 1. The molecule has 2 rings (SSSR count). The Kier molecular flexibility index (Phi) is 5.49. The molecule has 0 saturated heterocycles. The van der Waals surface area contributed by atoms with E-state index in [4.69, 9.17) is 4.74 Å². The van der Waals surface area contributed by atoms with Crippen molar-refractivity contribution in [1.82, 2.24) is 10.2 Å². The van der Waals surface area contributed by atoms with E-state index in [1.54, 1.807) is 20.8 Å². The Morgan fingerprint density at radius 1 is 1.25 bits per heavy atom. The van der Waals surface area contributed by atoms with Crippen LogP contribution in [0.25, 0.3) is 0 Å². The highest BCUT2D eigenvalue weighted by molar-refractivity contribution is 5.89. The fourth-order valence-corrected chi connectivity index (χ4v) is 2.44. The van der Waals surface area contributed by atoms with Gasteiger partial charge in [-0.25, -0.2) is 9.59 Å². The topological polar surface area (TPSA) is 78.9 Å². The third kappa shape index (κ3) is 5.01. The van der Waals surface area contributed by atoms with Gasteiger partial charge in [-0.05, 0) is 26.3 Å². The summed E-state index contributed by atoms with van der Waals surface area (Å²) in [6.45, 7) is 6.39. The van der Waals surface area contributed by atoms with Gasteiger partial charge >= 0.3 is 12.1 Å². The predicted octanol–water partition coefficient (Wildman–Crippen LogP) is 2.76. The second-order valence-electron chi connectivity index (χ2n) is 6.75. The van der Waals surface area contributed by atoms with Gasteiger partial charge in [-0.15, -0.1) is 0 Å². The van der Waals surface area contributed by atoms with Gasteiger partial charge in [0.1, 0.15) is 5.60 Å². The summed E-state index contributed by atoms with van der Waals surface area (Å²) in [6, 6.07) is 9.77. The fourth-order valence-electron chi connectivity index (χ4n) is 2.44. The van der Waals surface area contributed by atoms with Crippen LogP contribution < -0.4 is 5.32 Å². The van der Waals surface area contributed by atoms with E-state index in [-0.39, 0.29) is 12.1 Å². The van der Waals surface area contributed by atoms with Crippen molar-refractivity contribution in [3.05, 3.63) is 47.2 Å². The minimum absolute atomic E-state index is 0.0430.